The van der Waals surface area contributed by atoms with Gasteiger partial charge in [0.1, 0.15) is 23.9 Å². The van der Waals surface area contributed by atoms with Crippen molar-refractivity contribution in [2.75, 3.05) is 38.1 Å². The van der Waals surface area contributed by atoms with Gasteiger partial charge in [-0.3, -0.25) is 9.59 Å². The van der Waals surface area contributed by atoms with E-state index in [0.29, 0.717) is 34.2 Å². The standard InChI is InChI=1S/C21H24N2O5/c1-21(2)12-28-17-9-6-13(10-16(17)23(3)20(21)25)22-19(24)15-8-7-14(26-4)11-18(15)27-5/h6-11H,12H2,1-5H3,(H,22,24). The van der Waals surface area contributed by atoms with Gasteiger partial charge in [-0.15, -0.1) is 0 Å². The molecule has 7 nitrogen and oxygen atoms in total. The van der Waals surface area contributed by atoms with Gasteiger partial charge in [0.25, 0.3) is 5.91 Å². The molecule has 0 fully saturated rings. The minimum absolute atomic E-state index is 0.0495. The van der Waals surface area contributed by atoms with E-state index in [-0.39, 0.29) is 18.4 Å². The van der Waals surface area contributed by atoms with E-state index in [1.165, 1.54) is 7.11 Å². The lowest BCUT2D eigenvalue weighted by Crippen LogP contribution is -2.39. The first kappa shape index (κ1) is 19.5. The Labute approximate surface area is 164 Å². The highest BCUT2D eigenvalue weighted by Gasteiger charge is 2.36. The Morgan fingerprint density at radius 2 is 1.89 bits per heavy atom. The highest BCUT2D eigenvalue weighted by atomic mass is 16.5. The summed E-state index contributed by atoms with van der Waals surface area (Å²) in [6.07, 6.45) is 0. The van der Waals surface area contributed by atoms with Crippen LogP contribution in [0.1, 0.15) is 24.2 Å². The van der Waals surface area contributed by atoms with Crippen molar-refractivity contribution in [2.24, 2.45) is 5.41 Å². The van der Waals surface area contributed by atoms with E-state index >= 15 is 0 Å². The van der Waals surface area contributed by atoms with Gasteiger partial charge in [-0.05, 0) is 44.2 Å². The first-order valence-electron chi connectivity index (χ1n) is 8.85. The van der Waals surface area contributed by atoms with E-state index in [2.05, 4.69) is 5.32 Å². The third kappa shape index (κ3) is 3.60. The minimum atomic E-state index is -0.631. The van der Waals surface area contributed by atoms with Gasteiger partial charge >= 0.3 is 0 Å². The first-order valence-corrected chi connectivity index (χ1v) is 8.85. The maximum atomic E-state index is 12.7. The molecular formula is C21H24N2O5. The average molecular weight is 384 g/mol. The number of anilines is 2. The fraction of sp³-hybridized carbons (Fsp3) is 0.333. The van der Waals surface area contributed by atoms with Gasteiger partial charge < -0.3 is 24.4 Å². The Hall–Kier alpha value is -3.22. The number of carbonyl (C=O) groups excluding carboxylic acids is 2. The predicted octanol–water partition coefficient (Wildman–Crippen LogP) is 3.34. The number of benzene rings is 2. The molecule has 0 saturated carbocycles. The second-order valence-electron chi connectivity index (χ2n) is 7.24. The number of ether oxygens (including phenoxy) is 3. The summed E-state index contributed by atoms with van der Waals surface area (Å²) in [6, 6.07) is 10.2. The highest BCUT2D eigenvalue weighted by molar-refractivity contribution is 6.07. The zero-order chi connectivity index (χ0) is 20.5. The molecule has 1 aliphatic rings. The summed E-state index contributed by atoms with van der Waals surface area (Å²) in [6.45, 7) is 3.98. The van der Waals surface area contributed by atoms with Crippen LogP contribution < -0.4 is 24.4 Å². The van der Waals surface area contributed by atoms with E-state index in [1.807, 2.05) is 13.8 Å². The molecule has 148 valence electrons. The molecule has 0 spiro atoms. The smallest absolute Gasteiger partial charge is 0.259 e. The van der Waals surface area contributed by atoms with Crippen LogP contribution in [0.25, 0.3) is 0 Å². The Morgan fingerprint density at radius 3 is 2.57 bits per heavy atom. The summed E-state index contributed by atoms with van der Waals surface area (Å²) < 4.78 is 16.3. The quantitative estimate of drug-likeness (QED) is 0.875. The zero-order valence-corrected chi connectivity index (χ0v) is 16.7. The molecule has 28 heavy (non-hydrogen) atoms. The van der Waals surface area contributed by atoms with Crippen molar-refractivity contribution in [2.45, 2.75) is 13.8 Å². The van der Waals surface area contributed by atoms with Crippen LogP contribution in [0.3, 0.4) is 0 Å². The van der Waals surface area contributed by atoms with Crippen molar-refractivity contribution >= 4 is 23.2 Å². The second kappa shape index (κ2) is 7.42. The van der Waals surface area contributed by atoms with Crippen LogP contribution >= 0.6 is 0 Å². The van der Waals surface area contributed by atoms with Crippen LogP contribution in [0.5, 0.6) is 17.2 Å². The third-order valence-electron chi connectivity index (χ3n) is 4.70. The Morgan fingerprint density at radius 1 is 1.14 bits per heavy atom. The summed E-state index contributed by atoms with van der Waals surface area (Å²) in [5, 5.41) is 2.84. The Bertz CT molecular complexity index is 923. The number of amides is 2. The lowest BCUT2D eigenvalue weighted by atomic mass is 9.93. The van der Waals surface area contributed by atoms with Crippen LogP contribution in [0, 0.1) is 5.41 Å². The molecule has 1 aliphatic heterocycles. The van der Waals surface area contributed by atoms with Gasteiger partial charge in [0.05, 0.1) is 30.9 Å². The lowest BCUT2D eigenvalue weighted by Gasteiger charge is -2.24. The number of fused-ring (bicyclic) bond motifs is 1. The molecule has 0 aromatic heterocycles. The summed E-state index contributed by atoms with van der Waals surface area (Å²) in [4.78, 5) is 27.0. The number of nitrogens with one attached hydrogen (secondary N) is 1. The molecule has 2 amide bonds. The van der Waals surface area contributed by atoms with E-state index in [4.69, 9.17) is 14.2 Å². The molecule has 7 heteroatoms. The molecule has 2 aromatic carbocycles. The number of carbonyl (C=O) groups is 2. The van der Waals surface area contributed by atoms with Gasteiger partial charge in [-0.25, -0.2) is 0 Å². The first-order chi connectivity index (χ1) is 13.3. The van der Waals surface area contributed by atoms with Crippen LogP contribution in [0.2, 0.25) is 0 Å². The van der Waals surface area contributed by atoms with Gasteiger partial charge in [0.15, 0.2) is 0 Å². The third-order valence-corrected chi connectivity index (χ3v) is 4.70. The lowest BCUT2D eigenvalue weighted by molar-refractivity contribution is -0.127. The van der Waals surface area contributed by atoms with Gasteiger partial charge in [-0.2, -0.15) is 0 Å². The van der Waals surface area contributed by atoms with Gasteiger partial charge in [0, 0.05) is 18.8 Å². The molecule has 1 heterocycles. The molecule has 2 aromatic rings. The molecule has 0 unspecified atom stereocenters. The molecule has 0 aliphatic carbocycles. The van der Waals surface area contributed by atoms with Crippen LogP contribution in [0.15, 0.2) is 36.4 Å². The van der Waals surface area contributed by atoms with E-state index in [9.17, 15) is 9.59 Å². The van der Waals surface area contributed by atoms with Crippen molar-refractivity contribution in [3.8, 4) is 17.2 Å². The zero-order valence-electron chi connectivity index (χ0n) is 16.7. The van der Waals surface area contributed by atoms with Crippen molar-refractivity contribution < 1.29 is 23.8 Å². The van der Waals surface area contributed by atoms with Crippen molar-refractivity contribution in [1.29, 1.82) is 0 Å². The molecule has 3 rings (SSSR count). The summed E-state index contributed by atoms with van der Waals surface area (Å²) in [7, 11) is 4.74. The predicted molar refractivity (Wildman–Crippen MR) is 107 cm³/mol. The van der Waals surface area contributed by atoms with Crippen LogP contribution in [-0.4, -0.2) is 39.7 Å². The van der Waals surface area contributed by atoms with Crippen molar-refractivity contribution in [1.82, 2.24) is 0 Å². The number of nitrogens with zero attached hydrogens (tertiary/aromatic N) is 1. The molecule has 1 N–H and O–H groups in total. The molecular weight excluding hydrogens is 360 g/mol. The maximum absolute atomic E-state index is 12.7. The van der Waals surface area contributed by atoms with Gasteiger partial charge in [-0.1, -0.05) is 0 Å². The largest absolute Gasteiger partial charge is 0.497 e. The Kier molecular flexibility index (Phi) is 5.18. The van der Waals surface area contributed by atoms with Crippen molar-refractivity contribution in [3.63, 3.8) is 0 Å². The average Bonchev–Trinajstić information content (AvgIpc) is 2.78. The molecule has 0 saturated heterocycles. The molecule has 0 radical (unpaired) electrons. The summed E-state index contributed by atoms with van der Waals surface area (Å²) >= 11 is 0. The summed E-state index contributed by atoms with van der Waals surface area (Å²) in [5.41, 5.74) is 0.896. The molecule has 0 bridgehead atoms. The number of hydrogen-bond acceptors (Lipinski definition) is 5. The second-order valence-corrected chi connectivity index (χ2v) is 7.24. The topological polar surface area (TPSA) is 77.1 Å². The highest BCUT2D eigenvalue weighted by Crippen LogP contribution is 2.37. The number of methoxy groups -OCH3 is 2. The fourth-order valence-electron chi connectivity index (χ4n) is 3.05. The van der Waals surface area contributed by atoms with E-state index < -0.39 is 5.41 Å². The van der Waals surface area contributed by atoms with Crippen LogP contribution in [-0.2, 0) is 4.79 Å². The fourth-order valence-corrected chi connectivity index (χ4v) is 3.05. The minimum Gasteiger partial charge on any atom is -0.497 e. The van der Waals surface area contributed by atoms with Gasteiger partial charge in [0.2, 0.25) is 5.91 Å². The monoisotopic (exact) mass is 384 g/mol. The maximum Gasteiger partial charge on any atom is 0.259 e. The number of rotatable bonds is 4. The van der Waals surface area contributed by atoms with Crippen LogP contribution in [0.4, 0.5) is 11.4 Å². The van der Waals surface area contributed by atoms with Crippen molar-refractivity contribution in [3.05, 3.63) is 42.0 Å². The number of hydrogen-bond donors (Lipinski definition) is 1. The SMILES string of the molecule is COc1ccc(C(=O)Nc2ccc3c(c2)N(C)C(=O)C(C)(C)CO3)c(OC)c1. The van der Waals surface area contributed by atoms with E-state index in [1.54, 1.807) is 55.5 Å². The normalized spacial score (nSPS) is 15.2. The van der Waals surface area contributed by atoms with E-state index in [0.717, 1.165) is 0 Å². The Balaban J connectivity index is 1.88. The summed E-state index contributed by atoms with van der Waals surface area (Å²) in [5.74, 6) is 1.22. The molecule has 0 atom stereocenters.